The quantitative estimate of drug-likeness (QED) is 0.578. The van der Waals surface area contributed by atoms with Crippen molar-refractivity contribution < 1.29 is 18.4 Å². The summed E-state index contributed by atoms with van der Waals surface area (Å²) in [6.45, 7) is 3.32. The Labute approximate surface area is 204 Å². The molecule has 2 aliphatic heterocycles. The van der Waals surface area contributed by atoms with Gasteiger partial charge >= 0.3 is 6.03 Å². The van der Waals surface area contributed by atoms with E-state index >= 15 is 0 Å². The second-order valence-corrected chi connectivity index (χ2v) is 11.3. The van der Waals surface area contributed by atoms with E-state index in [1.807, 2.05) is 0 Å². The smallest absolute Gasteiger partial charge is 0.318 e. The van der Waals surface area contributed by atoms with Crippen LogP contribution in [-0.2, 0) is 11.2 Å². The first kappa shape index (κ1) is 24.1. The lowest BCUT2D eigenvalue weighted by atomic mass is 9.72. The fourth-order valence-electron chi connectivity index (χ4n) is 5.62. The van der Waals surface area contributed by atoms with Crippen molar-refractivity contribution in [2.75, 3.05) is 26.2 Å². The summed E-state index contributed by atoms with van der Waals surface area (Å²) in [5, 5.41) is 12.0. The molecule has 3 heterocycles. The maximum atomic E-state index is 15.0. The normalized spacial score (nSPS) is 23.7. The topological polar surface area (TPSA) is 89.3 Å². The highest BCUT2D eigenvalue weighted by atomic mass is 19.3. The van der Waals surface area contributed by atoms with Gasteiger partial charge in [0.2, 0.25) is 0 Å². The number of pyridine rings is 1. The van der Waals surface area contributed by atoms with Crippen LogP contribution < -0.4 is 5.32 Å². The SMILES string of the molecule is N#CC1(CC(=O)[C@H](CC(F)(F)Cc2ccncc2)NC(=O)N2CC3(CCN(C4CC4)CC3)C2)CC1. The molecule has 0 radical (unpaired) electrons. The highest BCUT2D eigenvalue weighted by Gasteiger charge is 2.50. The third kappa shape index (κ3) is 5.64. The molecule has 9 heteroatoms. The molecule has 0 aromatic carbocycles. The molecule has 0 unspecified atom stereocenters. The molecule has 1 aromatic heterocycles. The Bertz CT molecular complexity index is 987. The van der Waals surface area contributed by atoms with E-state index in [9.17, 15) is 23.6 Å². The van der Waals surface area contributed by atoms with Crippen molar-refractivity contribution in [3.63, 3.8) is 0 Å². The number of carbonyl (C=O) groups excluding carboxylic acids is 2. The highest BCUT2D eigenvalue weighted by molar-refractivity contribution is 5.89. The van der Waals surface area contributed by atoms with E-state index in [4.69, 9.17) is 0 Å². The number of carbonyl (C=O) groups is 2. The average Bonchev–Trinajstić information content (AvgIpc) is 3.73. The molecular weight excluding hydrogens is 452 g/mol. The summed E-state index contributed by atoms with van der Waals surface area (Å²) in [6, 6.07) is 4.16. The van der Waals surface area contributed by atoms with Crippen LogP contribution in [0.3, 0.4) is 0 Å². The molecule has 1 atom stereocenters. The van der Waals surface area contributed by atoms with Gasteiger partial charge in [0, 0.05) is 56.2 Å². The Morgan fingerprint density at radius 1 is 1.17 bits per heavy atom. The maximum Gasteiger partial charge on any atom is 0.318 e. The van der Waals surface area contributed by atoms with E-state index in [0.29, 0.717) is 31.5 Å². The monoisotopic (exact) mass is 485 g/mol. The van der Waals surface area contributed by atoms with Crippen molar-refractivity contribution in [2.45, 2.75) is 75.8 Å². The summed E-state index contributed by atoms with van der Waals surface area (Å²) < 4.78 is 30.0. The van der Waals surface area contributed by atoms with Crippen molar-refractivity contribution in [2.24, 2.45) is 10.8 Å². The van der Waals surface area contributed by atoms with Gasteiger partial charge in [-0.25, -0.2) is 13.6 Å². The maximum absolute atomic E-state index is 15.0. The number of piperidine rings is 1. The predicted octanol–water partition coefficient (Wildman–Crippen LogP) is 3.55. The molecular formula is C26H33F2N5O2. The van der Waals surface area contributed by atoms with Gasteiger partial charge in [-0.05, 0) is 69.3 Å². The molecule has 2 amide bonds. The predicted molar refractivity (Wildman–Crippen MR) is 125 cm³/mol. The third-order valence-electron chi connectivity index (χ3n) is 8.27. The van der Waals surface area contributed by atoms with Crippen molar-refractivity contribution >= 4 is 11.8 Å². The van der Waals surface area contributed by atoms with E-state index in [2.05, 4.69) is 21.3 Å². The molecule has 2 saturated carbocycles. The number of nitrogens with zero attached hydrogens (tertiary/aromatic N) is 4. The van der Waals surface area contributed by atoms with Crippen LogP contribution in [0.2, 0.25) is 0 Å². The first-order valence-electron chi connectivity index (χ1n) is 12.7. The summed E-state index contributed by atoms with van der Waals surface area (Å²) in [5.74, 6) is -3.68. The molecule has 7 nitrogen and oxygen atoms in total. The Hall–Kier alpha value is -2.60. The number of likely N-dealkylation sites (tertiary alicyclic amines) is 2. The zero-order chi connectivity index (χ0) is 24.7. The molecule has 1 spiro atoms. The standard InChI is InChI=1S/C26H33F2N5O2/c27-26(28,13-19-3-9-30-10-4-19)14-21(22(34)15-24(16-29)5-6-24)31-23(35)33-17-25(18-33)7-11-32(12-8-25)20-1-2-20/h3-4,9-10,20-21H,1-2,5-8,11-15,17-18H2,(H,31,35)/t21-/m0/s1. The number of ketones is 1. The van der Waals surface area contributed by atoms with Gasteiger partial charge in [-0.2, -0.15) is 5.26 Å². The number of nitrogens with one attached hydrogen (secondary N) is 1. The number of hydrogen-bond acceptors (Lipinski definition) is 5. The molecule has 2 saturated heterocycles. The number of urea groups is 1. The Morgan fingerprint density at radius 3 is 2.40 bits per heavy atom. The van der Waals surface area contributed by atoms with Crippen LogP contribution >= 0.6 is 0 Å². The molecule has 1 aromatic rings. The lowest BCUT2D eigenvalue weighted by molar-refractivity contribution is -0.124. The van der Waals surface area contributed by atoms with Crippen LogP contribution in [-0.4, -0.2) is 70.8 Å². The number of aromatic nitrogens is 1. The minimum Gasteiger partial charge on any atom is -0.328 e. The molecule has 188 valence electrons. The second kappa shape index (κ2) is 9.12. The second-order valence-electron chi connectivity index (χ2n) is 11.3. The molecule has 2 aliphatic carbocycles. The number of rotatable bonds is 9. The molecule has 5 rings (SSSR count). The van der Waals surface area contributed by atoms with Crippen molar-refractivity contribution in [3.8, 4) is 6.07 Å². The Morgan fingerprint density at radius 2 is 1.83 bits per heavy atom. The number of halogens is 2. The Balaban J connectivity index is 1.20. The number of amides is 2. The van der Waals surface area contributed by atoms with E-state index in [-0.39, 0.29) is 11.8 Å². The van der Waals surface area contributed by atoms with Gasteiger partial charge in [-0.15, -0.1) is 0 Å². The van der Waals surface area contributed by atoms with Crippen LogP contribution in [0.4, 0.5) is 13.6 Å². The van der Waals surface area contributed by atoms with Gasteiger partial charge in [-0.1, -0.05) is 0 Å². The third-order valence-corrected chi connectivity index (χ3v) is 8.27. The largest absolute Gasteiger partial charge is 0.328 e. The highest BCUT2D eigenvalue weighted by Crippen LogP contribution is 2.48. The summed E-state index contributed by atoms with van der Waals surface area (Å²) in [5.41, 5.74) is -0.219. The molecule has 1 N–H and O–H groups in total. The summed E-state index contributed by atoms with van der Waals surface area (Å²) in [7, 11) is 0. The Kier molecular flexibility index (Phi) is 6.28. The van der Waals surface area contributed by atoms with Crippen LogP contribution in [0.25, 0.3) is 0 Å². The minimum atomic E-state index is -3.19. The number of nitriles is 1. The van der Waals surface area contributed by atoms with E-state index in [1.54, 1.807) is 4.90 Å². The number of alkyl halides is 2. The molecule has 35 heavy (non-hydrogen) atoms. The van der Waals surface area contributed by atoms with Gasteiger partial charge in [0.05, 0.1) is 17.5 Å². The number of hydrogen-bond donors (Lipinski definition) is 1. The van der Waals surface area contributed by atoms with Crippen LogP contribution in [0.1, 0.15) is 56.9 Å². The van der Waals surface area contributed by atoms with E-state index < -0.39 is 42.0 Å². The minimum absolute atomic E-state index is 0.0965. The van der Waals surface area contributed by atoms with Crippen LogP contribution in [0.15, 0.2) is 24.5 Å². The zero-order valence-electron chi connectivity index (χ0n) is 20.0. The summed E-state index contributed by atoms with van der Waals surface area (Å²) in [4.78, 5) is 34.0. The lowest BCUT2D eigenvalue weighted by Crippen LogP contribution is -2.65. The average molecular weight is 486 g/mol. The van der Waals surface area contributed by atoms with Gasteiger partial charge in [0.15, 0.2) is 5.78 Å². The fraction of sp³-hybridized carbons (Fsp3) is 0.692. The first-order chi connectivity index (χ1) is 16.7. The van der Waals surface area contributed by atoms with Crippen LogP contribution in [0.5, 0.6) is 0 Å². The lowest BCUT2D eigenvalue weighted by Gasteiger charge is -2.54. The van der Waals surface area contributed by atoms with Gasteiger partial charge in [-0.3, -0.25) is 9.78 Å². The van der Waals surface area contributed by atoms with Gasteiger partial charge < -0.3 is 15.1 Å². The van der Waals surface area contributed by atoms with Crippen molar-refractivity contribution in [1.29, 1.82) is 5.26 Å². The van der Waals surface area contributed by atoms with Gasteiger partial charge in [0.1, 0.15) is 0 Å². The molecule has 4 fully saturated rings. The molecule has 0 bridgehead atoms. The fourth-order valence-corrected chi connectivity index (χ4v) is 5.62. The van der Waals surface area contributed by atoms with E-state index in [1.165, 1.54) is 37.4 Å². The van der Waals surface area contributed by atoms with Crippen LogP contribution in [0, 0.1) is 22.2 Å². The summed E-state index contributed by atoms with van der Waals surface area (Å²) in [6.07, 6.45) is 7.34. The first-order valence-corrected chi connectivity index (χ1v) is 12.7. The van der Waals surface area contributed by atoms with E-state index in [0.717, 1.165) is 32.0 Å². The van der Waals surface area contributed by atoms with Crippen molar-refractivity contribution in [1.82, 2.24) is 20.1 Å². The zero-order valence-corrected chi connectivity index (χ0v) is 20.0. The molecule has 4 aliphatic rings. The van der Waals surface area contributed by atoms with Gasteiger partial charge in [0.25, 0.3) is 5.92 Å². The van der Waals surface area contributed by atoms with Crippen molar-refractivity contribution in [3.05, 3.63) is 30.1 Å². The summed E-state index contributed by atoms with van der Waals surface area (Å²) >= 11 is 0. The number of Topliss-reactive ketones (excluding diaryl/α,β-unsaturated/α-hetero) is 1.